The van der Waals surface area contributed by atoms with Crippen LogP contribution in [0.4, 0.5) is 0 Å². The highest BCUT2D eigenvalue weighted by Crippen LogP contribution is 2.38. The van der Waals surface area contributed by atoms with E-state index in [1.807, 2.05) is 21.1 Å². The minimum Gasteiger partial charge on any atom is -0.756 e. The number of hydrogen-bond donors (Lipinski definition) is 0. The predicted molar refractivity (Wildman–Crippen MR) is 190 cm³/mol. The minimum atomic E-state index is -4.59. The highest BCUT2D eigenvalue weighted by molar-refractivity contribution is 7.45. The summed E-state index contributed by atoms with van der Waals surface area (Å²) in [5.74, 6) is -0.944. The largest absolute Gasteiger partial charge is 0.756 e. The molecular formula is C37H66NO8P. The molecule has 47 heavy (non-hydrogen) atoms. The van der Waals surface area contributed by atoms with E-state index in [2.05, 4.69) is 55.5 Å². The van der Waals surface area contributed by atoms with Crippen LogP contribution in [0.3, 0.4) is 0 Å². The molecule has 9 nitrogen and oxygen atoms in total. The Balaban J connectivity index is 3.94. The van der Waals surface area contributed by atoms with Crippen LogP contribution in [-0.4, -0.2) is 70.0 Å². The number of esters is 2. The number of quaternary nitrogens is 1. The number of unbranched alkanes of at least 4 members (excludes halogenated alkanes) is 10. The first-order chi connectivity index (χ1) is 22.5. The number of carbonyl (C=O) groups excluding carboxylic acids is 2. The number of likely N-dealkylation sites (N-methyl/N-ethyl adjacent to an activating group) is 1. The number of hydrogen-bond acceptors (Lipinski definition) is 8. The number of ether oxygens (including phenoxy) is 2. The van der Waals surface area contributed by atoms with Crippen molar-refractivity contribution in [2.24, 2.45) is 0 Å². The molecule has 2 atom stereocenters. The molecule has 0 fully saturated rings. The quantitative estimate of drug-likeness (QED) is 0.0235. The minimum absolute atomic E-state index is 0.0349. The van der Waals surface area contributed by atoms with Gasteiger partial charge in [-0.2, -0.15) is 0 Å². The maximum atomic E-state index is 12.4. The molecule has 0 aromatic rings. The second-order valence-electron chi connectivity index (χ2n) is 12.8. The Labute approximate surface area is 286 Å². The van der Waals surface area contributed by atoms with Gasteiger partial charge in [0.1, 0.15) is 19.8 Å². The van der Waals surface area contributed by atoms with Gasteiger partial charge in [-0.3, -0.25) is 14.2 Å². The first-order valence-corrected chi connectivity index (χ1v) is 19.3. The normalized spacial score (nSPS) is 14.4. The van der Waals surface area contributed by atoms with E-state index >= 15 is 0 Å². The first kappa shape index (κ1) is 45.0. The van der Waals surface area contributed by atoms with Gasteiger partial charge in [0.25, 0.3) is 7.82 Å². The topological polar surface area (TPSA) is 111 Å². The van der Waals surface area contributed by atoms with Crippen molar-refractivity contribution >= 4 is 19.8 Å². The van der Waals surface area contributed by atoms with Crippen molar-refractivity contribution in [3.8, 4) is 0 Å². The molecule has 0 aliphatic rings. The summed E-state index contributed by atoms with van der Waals surface area (Å²) in [6, 6.07) is 0. The molecule has 272 valence electrons. The van der Waals surface area contributed by atoms with E-state index in [0.29, 0.717) is 17.4 Å². The molecule has 0 aromatic carbocycles. The number of phosphoric ester groups is 1. The third kappa shape index (κ3) is 33.7. The van der Waals surface area contributed by atoms with E-state index < -0.39 is 32.5 Å². The van der Waals surface area contributed by atoms with Crippen molar-refractivity contribution in [3.05, 3.63) is 48.6 Å². The van der Waals surface area contributed by atoms with Crippen LogP contribution in [0.25, 0.3) is 0 Å². The Morgan fingerprint density at radius 1 is 0.681 bits per heavy atom. The second kappa shape index (κ2) is 30.1. The molecule has 0 aromatic heterocycles. The molecule has 0 heterocycles. The van der Waals surface area contributed by atoms with Crippen molar-refractivity contribution in [2.75, 3.05) is 47.5 Å². The average molecular weight is 684 g/mol. The fourth-order valence-electron chi connectivity index (χ4n) is 4.33. The van der Waals surface area contributed by atoms with Crippen molar-refractivity contribution in [1.29, 1.82) is 0 Å². The van der Waals surface area contributed by atoms with Crippen molar-refractivity contribution in [3.63, 3.8) is 0 Å². The zero-order valence-corrected chi connectivity index (χ0v) is 31.1. The van der Waals surface area contributed by atoms with Gasteiger partial charge in [-0.1, -0.05) is 114 Å². The van der Waals surface area contributed by atoms with Gasteiger partial charge in [0.2, 0.25) is 0 Å². The highest BCUT2D eigenvalue weighted by Gasteiger charge is 2.21. The molecule has 10 heteroatoms. The fraction of sp³-hybridized carbons (Fsp3) is 0.730. The molecule has 0 saturated heterocycles. The van der Waals surface area contributed by atoms with Crippen LogP contribution in [0.1, 0.15) is 123 Å². The summed E-state index contributed by atoms with van der Waals surface area (Å²) in [6.45, 7) is 3.48. The molecule has 0 bridgehead atoms. The number of carbonyl (C=O) groups is 2. The Morgan fingerprint density at radius 2 is 1.19 bits per heavy atom. The third-order valence-electron chi connectivity index (χ3n) is 7.17. The monoisotopic (exact) mass is 683 g/mol. The van der Waals surface area contributed by atoms with Crippen LogP contribution >= 0.6 is 7.82 Å². The molecule has 0 N–H and O–H groups in total. The van der Waals surface area contributed by atoms with Gasteiger partial charge in [0.05, 0.1) is 27.7 Å². The van der Waals surface area contributed by atoms with E-state index in [9.17, 15) is 19.0 Å². The van der Waals surface area contributed by atoms with Gasteiger partial charge in [0.15, 0.2) is 6.10 Å². The number of allylic oxidation sites excluding steroid dienone is 8. The molecule has 0 aliphatic carbocycles. The van der Waals surface area contributed by atoms with E-state index in [4.69, 9.17) is 18.5 Å². The van der Waals surface area contributed by atoms with Crippen LogP contribution in [0.2, 0.25) is 0 Å². The summed E-state index contributed by atoms with van der Waals surface area (Å²) in [5, 5.41) is 0. The Morgan fingerprint density at radius 3 is 1.72 bits per heavy atom. The lowest BCUT2D eigenvalue weighted by Gasteiger charge is -2.28. The van der Waals surface area contributed by atoms with Gasteiger partial charge in [-0.05, 0) is 44.9 Å². The summed E-state index contributed by atoms with van der Waals surface area (Å²) in [7, 11) is 1.15. The predicted octanol–water partition coefficient (Wildman–Crippen LogP) is 8.55. The standard InChI is InChI=1S/C37H66NO8P/c1-6-8-9-10-11-12-13-14-15-16-17-18-19-20-21-22-23-24-25-26-27-28-29-30-37(40)46-35(33-43-36(39)7-2)34-45-47(41,42)44-32-31-38(3,4)5/h8-9,11-12,14-15,17-18,35H,6-7,10,13,16,19-34H2,1-5H3/b9-8-,12-11-,15-14-,18-17-. The first-order valence-electron chi connectivity index (χ1n) is 17.8. The van der Waals surface area contributed by atoms with E-state index in [1.165, 1.54) is 38.5 Å². The van der Waals surface area contributed by atoms with E-state index in [1.54, 1.807) is 6.92 Å². The van der Waals surface area contributed by atoms with Gasteiger partial charge in [-0.25, -0.2) is 0 Å². The average Bonchev–Trinajstić information content (AvgIpc) is 3.01. The van der Waals surface area contributed by atoms with Crippen LogP contribution in [0.5, 0.6) is 0 Å². The summed E-state index contributed by atoms with van der Waals surface area (Å²) >= 11 is 0. The molecule has 0 aliphatic heterocycles. The van der Waals surface area contributed by atoms with Gasteiger partial charge < -0.3 is 27.9 Å². The number of nitrogens with zero attached hydrogens (tertiary/aromatic N) is 1. The van der Waals surface area contributed by atoms with Gasteiger partial charge in [0, 0.05) is 12.8 Å². The Hall–Kier alpha value is -2.03. The van der Waals surface area contributed by atoms with Crippen LogP contribution in [-0.2, 0) is 32.7 Å². The molecule has 0 saturated carbocycles. The van der Waals surface area contributed by atoms with Crippen molar-refractivity contribution < 1.29 is 42.1 Å². The summed E-state index contributed by atoms with van der Waals surface area (Å²) in [6.07, 6.45) is 33.8. The summed E-state index contributed by atoms with van der Waals surface area (Å²) < 4.78 is 32.9. The lowest BCUT2D eigenvalue weighted by molar-refractivity contribution is -0.870. The Bertz CT molecular complexity index is 954. The van der Waals surface area contributed by atoms with Crippen molar-refractivity contribution in [1.82, 2.24) is 0 Å². The van der Waals surface area contributed by atoms with E-state index in [0.717, 1.165) is 51.4 Å². The van der Waals surface area contributed by atoms with Gasteiger partial charge >= 0.3 is 11.9 Å². The molecule has 0 rings (SSSR count). The lowest BCUT2D eigenvalue weighted by atomic mass is 10.0. The smallest absolute Gasteiger partial charge is 0.306 e. The van der Waals surface area contributed by atoms with Crippen LogP contribution in [0, 0.1) is 0 Å². The SMILES string of the molecule is CC/C=C\C/C=C\C/C=C\C/C=C\CCCCCCCCCCCCC(=O)OC(COC(=O)CC)COP(=O)([O-])OCC[N+](C)(C)C. The van der Waals surface area contributed by atoms with Crippen LogP contribution in [0.15, 0.2) is 48.6 Å². The molecule has 0 amide bonds. The maximum absolute atomic E-state index is 12.4. The lowest BCUT2D eigenvalue weighted by Crippen LogP contribution is -2.37. The summed E-state index contributed by atoms with van der Waals surface area (Å²) in [4.78, 5) is 36.1. The van der Waals surface area contributed by atoms with E-state index in [-0.39, 0.29) is 26.1 Å². The molecule has 2 unspecified atom stereocenters. The zero-order valence-electron chi connectivity index (χ0n) is 30.2. The maximum Gasteiger partial charge on any atom is 0.306 e. The number of rotatable bonds is 31. The highest BCUT2D eigenvalue weighted by atomic mass is 31.2. The van der Waals surface area contributed by atoms with Crippen LogP contribution < -0.4 is 4.89 Å². The Kier molecular flexibility index (Phi) is 28.8. The molecular weight excluding hydrogens is 617 g/mol. The molecule has 0 spiro atoms. The fourth-order valence-corrected chi connectivity index (χ4v) is 5.06. The van der Waals surface area contributed by atoms with Gasteiger partial charge in [-0.15, -0.1) is 0 Å². The number of phosphoric acid groups is 1. The summed E-state index contributed by atoms with van der Waals surface area (Å²) in [5.41, 5.74) is 0. The van der Waals surface area contributed by atoms with Crippen molar-refractivity contribution in [2.45, 2.75) is 129 Å². The molecule has 0 radical (unpaired) electrons. The third-order valence-corrected chi connectivity index (χ3v) is 8.13. The zero-order chi connectivity index (χ0) is 35.1. The second-order valence-corrected chi connectivity index (χ2v) is 14.2.